The average molecular weight is 296 g/mol. The fourth-order valence-electron chi connectivity index (χ4n) is 2.60. The first kappa shape index (κ1) is 14.5. The summed E-state index contributed by atoms with van der Waals surface area (Å²) in [6.07, 6.45) is -0.108. The molecule has 0 fully saturated rings. The van der Waals surface area contributed by atoms with Gasteiger partial charge in [0.05, 0.1) is 18.4 Å². The van der Waals surface area contributed by atoms with Gasteiger partial charge in [-0.3, -0.25) is 9.59 Å². The number of ether oxygens (including phenoxy) is 1. The van der Waals surface area contributed by atoms with Crippen molar-refractivity contribution in [2.45, 2.75) is 25.7 Å². The Morgan fingerprint density at radius 2 is 2.20 bits per heavy atom. The minimum Gasteiger partial charge on any atom is -0.466 e. The minimum atomic E-state index is -1.08. The van der Waals surface area contributed by atoms with Crippen molar-refractivity contribution in [1.29, 1.82) is 0 Å². The zero-order valence-corrected chi connectivity index (χ0v) is 11.9. The van der Waals surface area contributed by atoms with Gasteiger partial charge in [0, 0.05) is 10.6 Å². The second-order valence-corrected chi connectivity index (χ2v) is 5.16. The normalized spacial score (nSPS) is 22.9. The van der Waals surface area contributed by atoms with Crippen LogP contribution in [0, 0.1) is 0 Å². The van der Waals surface area contributed by atoms with Crippen molar-refractivity contribution in [3.8, 4) is 0 Å². The van der Waals surface area contributed by atoms with E-state index in [-0.39, 0.29) is 18.7 Å². The molecule has 1 aliphatic carbocycles. The predicted molar refractivity (Wildman–Crippen MR) is 73.6 cm³/mol. The molecule has 1 atom stereocenters. The van der Waals surface area contributed by atoms with Crippen LogP contribution >= 0.6 is 11.6 Å². The summed E-state index contributed by atoms with van der Waals surface area (Å²) in [7, 11) is 0. The summed E-state index contributed by atoms with van der Waals surface area (Å²) in [5, 5.41) is 12.6. The molecule has 5 nitrogen and oxygen atoms in total. The Hall–Kier alpha value is -1.88. The van der Waals surface area contributed by atoms with E-state index < -0.39 is 17.2 Å². The van der Waals surface area contributed by atoms with Gasteiger partial charge in [-0.1, -0.05) is 28.9 Å². The largest absolute Gasteiger partial charge is 0.466 e. The zero-order valence-electron chi connectivity index (χ0n) is 11.1. The minimum absolute atomic E-state index is 0.0892. The van der Waals surface area contributed by atoms with Gasteiger partial charge in [-0.2, -0.15) is 0 Å². The number of Topliss-reactive ketones (excluding diaryl/α,β-unsaturated/α-hetero) is 1. The number of carbonyl (C=O) groups excluding carboxylic acids is 2. The Morgan fingerprint density at radius 1 is 1.50 bits per heavy atom. The van der Waals surface area contributed by atoms with Gasteiger partial charge in [0.1, 0.15) is 5.71 Å². The Balaban J connectivity index is 2.57. The van der Waals surface area contributed by atoms with Crippen molar-refractivity contribution in [1.82, 2.24) is 0 Å². The lowest BCUT2D eigenvalue weighted by atomic mass is 9.79. The van der Waals surface area contributed by atoms with Gasteiger partial charge < -0.3 is 9.94 Å². The number of halogens is 1. The van der Waals surface area contributed by atoms with Crippen LogP contribution < -0.4 is 0 Å². The highest BCUT2D eigenvalue weighted by molar-refractivity contribution is 6.53. The van der Waals surface area contributed by atoms with Gasteiger partial charge in [-0.05, 0) is 25.5 Å². The molecule has 0 bridgehead atoms. The molecule has 1 aromatic rings. The van der Waals surface area contributed by atoms with Gasteiger partial charge >= 0.3 is 5.97 Å². The quantitative estimate of drug-likeness (QED) is 0.528. The van der Waals surface area contributed by atoms with E-state index in [9.17, 15) is 9.59 Å². The van der Waals surface area contributed by atoms with Crippen LogP contribution in [-0.2, 0) is 14.9 Å². The van der Waals surface area contributed by atoms with Crippen LogP contribution in [0.1, 0.15) is 36.2 Å². The number of oxime groups is 1. The van der Waals surface area contributed by atoms with Crippen LogP contribution in [-0.4, -0.2) is 29.3 Å². The van der Waals surface area contributed by atoms with E-state index in [0.29, 0.717) is 16.1 Å². The molecule has 0 spiro atoms. The lowest BCUT2D eigenvalue weighted by Gasteiger charge is -2.24. The molecule has 0 aliphatic heterocycles. The van der Waals surface area contributed by atoms with Crippen molar-refractivity contribution >= 4 is 29.1 Å². The molecule has 0 saturated carbocycles. The standard InChI is InChI=1S/C14H14ClNO4/c1-3-20-10(17)7-14(2)11-8(5-4-6-9(11)15)12(18)13(14)16-19/h4-6,19H,3,7H2,1-2H3/b16-13-. The number of rotatable bonds is 3. The fraction of sp³-hybridized carbons (Fsp3) is 0.357. The Labute approximate surface area is 121 Å². The average Bonchev–Trinajstić information content (AvgIpc) is 2.59. The SMILES string of the molecule is CCOC(=O)CC1(C)/C(=N\O)C(=O)c2cccc(Cl)c21. The van der Waals surface area contributed by atoms with Gasteiger partial charge in [-0.15, -0.1) is 0 Å². The second kappa shape index (κ2) is 5.25. The monoisotopic (exact) mass is 295 g/mol. The highest BCUT2D eigenvalue weighted by Crippen LogP contribution is 2.43. The number of fused-ring (bicyclic) bond motifs is 1. The van der Waals surface area contributed by atoms with Crippen LogP contribution in [0.25, 0.3) is 0 Å². The van der Waals surface area contributed by atoms with Crippen LogP contribution in [0.4, 0.5) is 0 Å². The molecule has 20 heavy (non-hydrogen) atoms. The van der Waals surface area contributed by atoms with Crippen molar-refractivity contribution < 1.29 is 19.5 Å². The second-order valence-electron chi connectivity index (χ2n) is 4.75. The molecule has 1 aromatic carbocycles. The van der Waals surface area contributed by atoms with Gasteiger partial charge in [0.2, 0.25) is 5.78 Å². The maximum absolute atomic E-state index is 12.2. The smallest absolute Gasteiger partial charge is 0.307 e. The molecule has 0 saturated heterocycles. The van der Waals surface area contributed by atoms with Crippen LogP contribution in [0.5, 0.6) is 0 Å². The Kier molecular flexibility index (Phi) is 3.81. The summed E-state index contributed by atoms with van der Waals surface area (Å²) in [5.74, 6) is -0.895. The molecule has 2 rings (SSSR count). The third kappa shape index (κ3) is 2.08. The molecular formula is C14H14ClNO4. The van der Waals surface area contributed by atoms with E-state index in [1.807, 2.05) is 0 Å². The van der Waals surface area contributed by atoms with Crippen molar-refractivity contribution in [3.05, 3.63) is 34.3 Å². The molecule has 0 radical (unpaired) electrons. The topological polar surface area (TPSA) is 76.0 Å². The van der Waals surface area contributed by atoms with E-state index >= 15 is 0 Å². The molecule has 1 N–H and O–H groups in total. The number of carbonyl (C=O) groups is 2. The van der Waals surface area contributed by atoms with Crippen LogP contribution in [0.15, 0.2) is 23.4 Å². The van der Waals surface area contributed by atoms with E-state index in [1.54, 1.807) is 32.0 Å². The van der Waals surface area contributed by atoms with Crippen LogP contribution in [0.2, 0.25) is 5.02 Å². The van der Waals surface area contributed by atoms with Crippen molar-refractivity contribution in [3.63, 3.8) is 0 Å². The molecule has 0 aromatic heterocycles. The first-order chi connectivity index (χ1) is 9.45. The molecule has 1 aliphatic rings. The summed E-state index contributed by atoms with van der Waals surface area (Å²) >= 11 is 6.16. The van der Waals surface area contributed by atoms with Gasteiger partial charge in [0.25, 0.3) is 0 Å². The number of hydrogen-bond donors (Lipinski definition) is 1. The first-order valence-electron chi connectivity index (χ1n) is 6.17. The highest BCUT2D eigenvalue weighted by Gasteiger charge is 2.49. The van der Waals surface area contributed by atoms with Crippen molar-refractivity contribution in [2.24, 2.45) is 5.16 Å². The molecule has 1 unspecified atom stereocenters. The molecule has 0 amide bonds. The summed E-state index contributed by atoms with van der Waals surface area (Å²) in [5.41, 5.74) is -0.301. The summed E-state index contributed by atoms with van der Waals surface area (Å²) in [4.78, 5) is 24.0. The number of nitrogens with zero attached hydrogens (tertiary/aromatic N) is 1. The first-order valence-corrected chi connectivity index (χ1v) is 6.55. The zero-order chi connectivity index (χ0) is 14.9. The fourth-order valence-corrected chi connectivity index (χ4v) is 2.98. The third-order valence-corrected chi connectivity index (χ3v) is 3.77. The molecule has 0 heterocycles. The number of hydrogen-bond acceptors (Lipinski definition) is 5. The van der Waals surface area contributed by atoms with Gasteiger partial charge in [0.15, 0.2) is 0 Å². The number of benzene rings is 1. The Morgan fingerprint density at radius 3 is 2.80 bits per heavy atom. The van der Waals surface area contributed by atoms with E-state index in [4.69, 9.17) is 21.5 Å². The van der Waals surface area contributed by atoms with Crippen LogP contribution in [0.3, 0.4) is 0 Å². The Bertz CT molecular complexity index is 611. The molecule has 106 valence electrons. The third-order valence-electron chi connectivity index (χ3n) is 3.45. The number of esters is 1. The predicted octanol–water partition coefficient (Wildman–Crippen LogP) is 2.58. The van der Waals surface area contributed by atoms with Gasteiger partial charge in [-0.25, -0.2) is 0 Å². The lowest BCUT2D eigenvalue weighted by Crippen LogP contribution is -2.34. The summed E-state index contributed by atoms with van der Waals surface area (Å²) < 4.78 is 4.92. The molecule has 6 heteroatoms. The maximum atomic E-state index is 12.2. The summed E-state index contributed by atoms with van der Waals surface area (Å²) in [6, 6.07) is 4.88. The summed E-state index contributed by atoms with van der Waals surface area (Å²) in [6.45, 7) is 3.58. The highest BCUT2D eigenvalue weighted by atomic mass is 35.5. The van der Waals surface area contributed by atoms with E-state index in [1.165, 1.54) is 0 Å². The van der Waals surface area contributed by atoms with E-state index in [0.717, 1.165) is 0 Å². The lowest BCUT2D eigenvalue weighted by molar-refractivity contribution is -0.143. The van der Waals surface area contributed by atoms with E-state index in [2.05, 4.69) is 5.16 Å². The van der Waals surface area contributed by atoms with Crippen molar-refractivity contribution in [2.75, 3.05) is 6.61 Å². The maximum Gasteiger partial charge on any atom is 0.307 e. The molecular weight excluding hydrogens is 282 g/mol. The number of ketones is 1.